The summed E-state index contributed by atoms with van der Waals surface area (Å²) >= 11 is 0. The van der Waals surface area contributed by atoms with Gasteiger partial charge in [0.15, 0.2) is 0 Å². The van der Waals surface area contributed by atoms with E-state index >= 15 is 0 Å². The van der Waals surface area contributed by atoms with Crippen LogP contribution in [0, 0.1) is 19.7 Å². The molecule has 4 rings (SSSR count). The molecule has 142 valence electrons. The summed E-state index contributed by atoms with van der Waals surface area (Å²) in [5.74, 6) is 1.40. The molecule has 0 spiro atoms. The maximum atomic E-state index is 14.4. The number of aromatic nitrogens is 2. The van der Waals surface area contributed by atoms with Gasteiger partial charge in [-0.2, -0.15) is 0 Å². The summed E-state index contributed by atoms with van der Waals surface area (Å²) in [6.07, 6.45) is 1.47. The number of nitrogens with zero attached hydrogens (tertiary/aromatic N) is 2. The van der Waals surface area contributed by atoms with E-state index in [0.717, 1.165) is 22.0 Å². The minimum Gasteiger partial charge on any atom is -0.457 e. The molecule has 28 heavy (non-hydrogen) atoms. The highest BCUT2D eigenvalue weighted by Gasteiger charge is 2.10. The first-order chi connectivity index (χ1) is 13.1. The van der Waals surface area contributed by atoms with Crippen LogP contribution in [0.4, 0.5) is 15.9 Å². The summed E-state index contributed by atoms with van der Waals surface area (Å²) in [4.78, 5) is 8.61. The minimum atomic E-state index is -0.383. The maximum Gasteiger partial charge on any atom is 0.146 e. The molecule has 0 aliphatic rings. The van der Waals surface area contributed by atoms with Crippen molar-refractivity contribution in [1.82, 2.24) is 9.97 Å². The Balaban J connectivity index is 0.00000225. The Labute approximate surface area is 168 Å². The molecule has 4 nitrogen and oxygen atoms in total. The predicted octanol–water partition coefficient (Wildman–Crippen LogP) is 6.34. The van der Waals surface area contributed by atoms with Crippen LogP contribution in [-0.4, -0.2) is 9.97 Å². The van der Waals surface area contributed by atoms with Crippen LogP contribution in [0.2, 0.25) is 0 Å². The Morgan fingerprint density at radius 1 is 0.857 bits per heavy atom. The molecule has 0 bridgehead atoms. The Bertz CT molecular complexity index is 1120. The fraction of sp³-hybridized carbons (Fsp3) is 0.0909. The summed E-state index contributed by atoms with van der Waals surface area (Å²) in [6, 6.07) is 18.0. The maximum absolute atomic E-state index is 14.4. The lowest BCUT2D eigenvalue weighted by atomic mass is 10.1. The van der Waals surface area contributed by atoms with Gasteiger partial charge in [0, 0.05) is 11.5 Å². The monoisotopic (exact) mass is 395 g/mol. The van der Waals surface area contributed by atoms with Crippen molar-refractivity contribution in [2.45, 2.75) is 13.8 Å². The first-order valence-electron chi connectivity index (χ1n) is 8.61. The smallest absolute Gasteiger partial charge is 0.146 e. The van der Waals surface area contributed by atoms with Crippen molar-refractivity contribution in [3.05, 3.63) is 83.9 Å². The van der Waals surface area contributed by atoms with Gasteiger partial charge < -0.3 is 10.1 Å². The summed E-state index contributed by atoms with van der Waals surface area (Å²) in [5.41, 5.74) is 3.38. The van der Waals surface area contributed by atoms with Gasteiger partial charge in [-0.05, 0) is 61.4 Å². The highest BCUT2D eigenvalue weighted by Crippen LogP contribution is 2.30. The van der Waals surface area contributed by atoms with Crippen molar-refractivity contribution in [1.29, 1.82) is 0 Å². The fourth-order valence-corrected chi connectivity index (χ4v) is 2.83. The average molecular weight is 396 g/mol. The third kappa shape index (κ3) is 4.05. The topological polar surface area (TPSA) is 47.0 Å². The number of anilines is 2. The van der Waals surface area contributed by atoms with Crippen LogP contribution in [0.25, 0.3) is 10.9 Å². The Morgan fingerprint density at radius 3 is 2.39 bits per heavy atom. The largest absolute Gasteiger partial charge is 0.457 e. The van der Waals surface area contributed by atoms with Gasteiger partial charge in [0.2, 0.25) is 0 Å². The molecule has 0 aliphatic carbocycles. The molecule has 0 amide bonds. The average Bonchev–Trinajstić information content (AvgIpc) is 2.67. The molecule has 0 aliphatic heterocycles. The van der Waals surface area contributed by atoms with Gasteiger partial charge in [-0.1, -0.05) is 18.2 Å². The fourth-order valence-electron chi connectivity index (χ4n) is 2.83. The third-order valence-electron chi connectivity index (χ3n) is 4.42. The van der Waals surface area contributed by atoms with Gasteiger partial charge >= 0.3 is 0 Å². The molecule has 0 saturated carbocycles. The molecule has 0 atom stereocenters. The first-order valence-corrected chi connectivity index (χ1v) is 8.61. The lowest BCUT2D eigenvalue weighted by Crippen LogP contribution is -1.99. The normalized spacial score (nSPS) is 10.4. The van der Waals surface area contributed by atoms with E-state index in [9.17, 15) is 4.39 Å². The molecule has 1 aromatic heterocycles. The van der Waals surface area contributed by atoms with Gasteiger partial charge in [0.25, 0.3) is 0 Å². The van der Waals surface area contributed by atoms with Crippen LogP contribution < -0.4 is 10.1 Å². The van der Waals surface area contributed by atoms with E-state index in [1.807, 2.05) is 56.3 Å². The van der Waals surface area contributed by atoms with Crippen molar-refractivity contribution in [3.63, 3.8) is 0 Å². The zero-order chi connectivity index (χ0) is 18.8. The number of hydrogen-bond acceptors (Lipinski definition) is 4. The van der Waals surface area contributed by atoms with Gasteiger partial charge in [0.1, 0.15) is 29.5 Å². The standard InChI is InChI=1S/C22H18FN3O.ClH/c1-14-10-18-20(11-15(14)2)24-13-25-22(18)26-21-12-17(8-9-19(21)23)27-16-6-4-3-5-7-16;/h3-13H,1-2H3,(H,24,25,26);1H. The van der Waals surface area contributed by atoms with E-state index in [1.165, 1.54) is 12.4 Å². The van der Waals surface area contributed by atoms with E-state index in [0.29, 0.717) is 23.0 Å². The van der Waals surface area contributed by atoms with Gasteiger partial charge in [-0.15, -0.1) is 12.4 Å². The third-order valence-corrected chi connectivity index (χ3v) is 4.42. The predicted molar refractivity (Wildman–Crippen MR) is 112 cm³/mol. The first kappa shape index (κ1) is 19.6. The molecule has 0 saturated heterocycles. The lowest BCUT2D eigenvalue weighted by Gasteiger charge is -2.12. The van der Waals surface area contributed by atoms with Crippen LogP contribution in [0.3, 0.4) is 0 Å². The molecular formula is C22H19ClFN3O. The summed E-state index contributed by atoms with van der Waals surface area (Å²) in [7, 11) is 0. The second-order valence-electron chi connectivity index (χ2n) is 6.36. The van der Waals surface area contributed by atoms with Crippen LogP contribution in [-0.2, 0) is 0 Å². The SMILES string of the molecule is Cc1cc2ncnc(Nc3cc(Oc4ccccc4)ccc3F)c2cc1C.Cl. The number of halogens is 2. The van der Waals surface area contributed by atoms with E-state index in [4.69, 9.17) is 4.74 Å². The zero-order valence-electron chi connectivity index (χ0n) is 15.4. The van der Waals surface area contributed by atoms with E-state index in [2.05, 4.69) is 15.3 Å². The van der Waals surface area contributed by atoms with Crippen molar-refractivity contribution in [3.8, 4) is 11.5 Å². The van der Waals surface area contributed by atoms with Gasteiger partial charge in [-0.25, -0.2) is 14.4 Å². The van der Waals surface area contributed by atoms with Crippen molar-refractivity contribution < 1.29 is 9.13 Å². The summed E-state index contributed by atoms with van der Waals surface area (Å²) < 4.78 is 20.2. The van der Waals surface area contributed by atoms with Crippen LogP contribution in [0.15, 0.2) is 67.0 Å². The molecule has 0 unspecified atom stereocenters. The van der Waals surface area contributed by atoms with Crippen LogP contribution in [0.1, 0.15) is 11.1 Å². The van der Waals surface area contributed by atoms with Crippen molar-refractivity contribution in [2.24, 2.45) is 0 Å². The van der Waals surface area contributed by atoms with E-state index < -0.39 is 0 Å². The molecule has 0 fully saturated rings. The van der Waals surface area contributed by atoms with Crippen molar-refractivity contribution in [2.75, 3.05) is 5.32 Å². The molecule has 1 heterocycles. The molecule has 3 aromatic carbocycles. The minimum absolute atomic E-state index is 0. The second kappa shape index (κ2) is 8.23. The highest BCUT2D eigenvalue weighted by atomic mass is 35.5. The molecular weight excluding hydrogens is 377 g/mol. The summed E-state index contributed by atoms with van der Waals surface area (Å²) in [6.45, 7) is 4.06. The second-order valence-corrected chi connectivity index (χ2v) is 6.36. The number of hydrogen-bond donors (Lipinski definition) is 1. The number of rotatable bonds is 4. The Hall–Kier alpha value is -3.18. The van der Waals surface area contributed by atoms with E-state index in [1.54, 1.807) is 12.1 Å². The van der Waals surface area contributed by atoms with Gasteiger partial charge in [0.05, 0.1) is 11.2 Å². The van der Waals surface area contributed by atoms with Crippen LogP contribution >= 0.6 is 12.4 Å². The number of benzene rings is 3. The molecule has 0 radical (unpaired) electrons. The molecule has 4 aromatic rings. The van der Waals surface area contributed by atoms with Crippen LogP contribution in [0.5, 0.6) is 11.5 Å². The molecule has 1 N–H and O–H groups in total. The number of para-hydroxylation sites is 1. The molecule has 6 heteroatoms. The lowest BCUT2D eigenvalue weighted by molar-refractivity contribution is 0.481. The number of ether oxygens (including phenoxy) is 1. The summed E-state index contributed by atoms with van der Waals surface area (Å²) in [5, 5.41) is 3.92. The number of aryl methyl sites for hydroxylation is 2. The highest BCUT2D eigenvalue weighted by molar-refractivity contribution is 5.91. The number of fused-ring (bicyclic) bond motifs is 1. The Morgan fingerprint density at radius 2 is 1.61 bits per heavy atom. The quantitative estimate of drug-likeness (QED) is 0.437. The van der Waals surface area contributed by atoms with E-state index in [-0.39, 0.29) is 18.2 Å². The zero-order valence-corrected chi connectivity index (χ0v) is 16.3. The van der Waals surface area contributed by atoms with Gasteiger partial charge in [-0.3, -0.25) is 0 Å². The number of nitrogens with one attached hydrogen (secondary N) is 1. The van der Waals surface area contributed by atoms with Crippen molar-refractivity contribution >= 4 is 34.8 Å². The Kier molecular flexibility index (Phi) is 5.76.